The molecule has 0 radical (unpaired) electrons. The number of benzene rings is 2. The SMILES string of the molecule is Cn1ncc2cc(-n3c(-c4ccc(C#N)c(F)c4)nc(C(=O)N4CCC[C@@H](N)C4)c3C3CC3)ccc21. The number of imidazole rings is 1. The Morgan fingerprint density at radius 1 is 1.19 bits per heavy atom. The molecule has 1 saturated carbocycles. The molecule has 182 valence electrons. The van der Waals surface area contributed by atoms with Gasteiger partial charge in [-0.3, -0.25) is 14.0 Å². The number of fused-ring (bicyclic) bond motifs is 1. The first-order valence-electron chi connectivity index (χ1n) is 12.2. The Balaban J connectivity index is 1.57. The molecule has 6 rings (SSSR count). The summed E-state index contributed by atoms with van der Waals surface area (Å²) in [5.74, 6) is -0.0802. The molecule has 2 aromatic heterocycles. The van der Waals surface area contributed by atoms with Gasteiger partial charge in [0.15, 0.2) is 5.69 Å². The molecule has 1 atom stereocenters. The Bertz CT molecular complexity index is 1540. The third-order valence-corrected chi connectivity index (χ3v) is 7.16. The molecule has 4 aromatic rings. The maximum Gasteiger partial charge on any atom is 0.274 e. The second-order valence-electron chi connectivity index (χ2n) is 9.75. The minimum atomic E-state index is -0.616. The topological polar surface area (TPSA) is 106 Å². The van der Waals surface area contributed by atoms with Gasteiger partial charge in [0.2, 0.25) is 0 Å². The van der Waals surface area contributed by atoms with Gasteiger partial charge >= 0.3 is 0 Å². The molecule has 2 aromatic carbocycles. The molecule has 0 spiro atoms. The average Bonchev–Trinajstić information content (AvgIpc) is 3.55. The molecule has 0 unspecified atom stereocenters. The van der Waals surface area contributed by atoms with Gasteiger partial charge < -0.3 is 10.6 Å². The van der Waals surface area contributed by atoms with Crippen molar-refractivity contribution >= 4 is 16.8 Å². The summed E-state index contributed by atoms with van der Waals surface area (Å²) in [6.07, 6.45) is 5.48. The van der Waals surface area contributed by atoms with Crippen molar-refractivity contribution in [2.24, 2.45) is 12.8 Å². The number of amides is 1. The van der Waals surface area contributed by atoms with E-state index in [2.05, 4.69) is 5.10 Å². The van der Waals surface area contributed by atoms with E-state index in [4.69, 9.17) is 10.7 Å². The van der Waals surface area contributed by atoms with Gasteiger partial charge in [-0.25, -0.2) is 9.37 Å². The van der Waals surface area contributed by atoms with Crippen LogP contribution in [0.15, 0.2) is 42.6 Å². The standard InChI is InChI=1S/C27H26FN7O/c1-33-23-9-8-21(11-19(23)14-31-33)35-25(16-4-5-16)24(27(36)34-10-2-3-20(30)15-34)32-26(35)17-6-7-18(13-29)22(28)12-17/h6-9,11-12,14,16,20H,2-5,10,15,30H2,1H3/t20-/m1/s1. The Labute approximate surface area is 207 Å². The second kappa shape index (κ2) is 8.57. The number of aryl methyl sites for hydroxylation is 1. The van der Waals surface area contributed by atoms with Crippen molar-refractivity contribution in [1.82, 2.24) is 24.2 Å². The van der Waals surface area contributed by atoms with Crippen LogP contribution in [0.4, 0.5) is 4.39 Å². The number of nitrogens with zero attached hydrogens (tertiary/aromatic N) is 6. The van der Waals surface area contributed by atoms with E-state index in [1.54, 1.807) is 21.8 Å². The zero-order valence-corrected chi connectivity index (χ0v) is 20.0. The van der Waals surface area contributed by atoms with Crippen molar-refractivity contribution in [3.05, 3.63) is 65.4 Å². The second-order valence-corrected chi connectivity index (χ2v) is 9.75. The number of nitrogens with two attached hydrogens (primary N) is 1. The molecule has 3 heterocycles. The van der Waals surface area contributed by atoms with Crippen molar-refractivity contribution in [1.29, 1.82) is 5.26 Å². The van der Waals surface area contributed by atoms with Gasteiger partial charge in [0, 0.05) is 48.7 Å². The third kappa shape index (κ3) is 3.74. The smallest absolute Gasteiger partial charge is 0.274 e. The Kier molecular flexibility index (Phi) is 5.34. The molecule has 0 bridgehead atoms. The Morgan fingerprint density at radius 3 is 2.75 bits per heavy atom. The van der Waals surface area contributed by atoms with E-state index in [9.17, 15) is 14.4 Å². The van der Waals surface area contributed by atoms with E-state index in [1.807, 2.05) is 35.9 Å². The van der Waals surface area contributed by atoms with Crippen LogP contribution in [-0.2, 0) is 7.05 Å². The van der Waals surface area contributed by atoms with Crippen molar-refractivity contribution in [3.63, 3.8) is 0 Å². The van der Waals surface area contributed by atoms with E-state index in [0.29, 0.717) is 30.2 Å². The van der Waals surface area contributed by atoms with Crippen molar-refractivity contribution in [2.75, 3.05) is 13.1 Å². The molecule has 1 aliphatic heterocycles. The van der Waals surface area contributed by atoms with Crippen molar-refractivity contribution < 1.29 is 9.18 Å². The molecule has 36 heavy (non-hydrogen) atoms. The number of halogens is 1. The van der Waals surface area contributed by atoms with Crippen LogP contribution in [0.25, 0.3) is 28.0 Å². The van der Waals surface area contributed by atoms with Gasteiger partial charge in [0.25, 0.3) is 5.91 Å². The van der Waals surface area contributed by atoms with E-state index in [-0.39, 0.29) is 23.4 Å². The highest BCUT2D eigenvalue weighted by Gasteiger charge is 2.37. The van der Waals surface area contributed by atoms with Crippen LogP contribution in [0.5, 0.6) is 0 Å². The molecule has 1 saturated heterocycles. The molecular formula is C27H26FN7O. The Hall–Kier alpha value is -4.03. The first-order valence-corrected chi connectivity index (χ1v) is 12.2. The molecule has 2 fully saturated rings. The van der Waals surface area contributed by atoms with Crippen molar-refractivity contribution in [3.8, 4) is 23.1 Å². The van der Waals surface area contributed by atoms with E-state index >= 15 is 0 Å². The number of hydrogen-bond donors (Lipinski definition) is 1. The fourth-order valence-electron chi connectivity index (χ4n) is 5.16. The summed E-state index contributed by atoms with van der Waals surface area (Å²) in [6, 6.07) is 12.3. The number of piperidine rings is 1. The van der Waals surface area contributed by atoms with Crippen LogP contribution in [0.1, 0.15) is 53.3 Å². The number of carbonyl (C=O) groups is 1. The third-order valence-electron chi connectivity index (χ3n) is 7.16. The van der Waals surface area contributed by atoms with E-state index < -0.39 is 5.82 Å². The van der Waals surface area contributed by atoms with Gasteiger partial charge in [-0.05, 0) is 62.1 Å². The number of nitriles is 1. The number of aromatic nitrogens is 4. The summed E-state index contributed by atoms with van der Waals surface area (Å²) < 4.78 is 18.5. The molecule has 2 N–H and O–H groups in total. The Morgan fingerprint density at radius 2 is 2.03 bits per heavy atom. The highest BCUT2D eigenvalue weighted by atomic mass is 19.1. The summed E-state index contributed by atoms with van der Waals surface area (Å²) >= 11 is 0. The lowest BCUT2D eigenvalue weighted by Gasteiger charge is -2.30. The number of likely N-dealkylation sites (tertiary alicyclic amines) is 1. The van der Waals surface area contributed by atoms with E-state index in [0.717, 1.165) is 48.0 Å². The zero-order chi connectivity index (χ0) is 25.0. The molecule has 1 aliphatic carbocycles. The minimum Gasteiger partial charge on any atom is -0.336 e. The monoisotopic (exact) mass is 483 g/mol. The van der Waals surface area contributed by atoms with Gasteiger partial charge in [-0.2, -0.15) is 10.4 Å². The lowest BCUT2D eigenvalue weighted by molar-refractivity contribution is 0.0702. The molecule has 1 amide bonds. The minimum absolute atomic E-state index is 0.0327. The first-order chi connectivity index (χ1) is 17.4. The summed E-state index contributed by atoms with van der Waals surface area (Å²) in [5.41, 5.74) is 9.71. The van der Waals surface area contributed by atoms with Crippen LogP contribution in [-0.4, -0.2) is 49.3 Å². The maximum atomic E-state index is 14.7. The normalized spacial score (nSPS) is 17.9. The van der Waals surface area contributed by atoms with Crippen LogP contribution in [0.3, 0.4) is 0 Å². The van der Waals surface area contributed by atoms with Crippen LogP contribution >= 0.6 is 0 Å². The highest BCUT2D eigenvalue weighted by Crippen LogP contribution is 2.45. The van der Waals surface area contributed by atoms with Gasteiger partial charge in [-0.15, -0.1) is 0 Å². The molecule has 9 heteroatoms. The summed E-state index contributed by atoms with van der Waals surface area (Å²) in [7, 11) is 1.89. The van der Waals surface area contributed by atoms with E-state index in [1.165, 1.54) is 12.1 Å². The van der Waals surface area contributed by atoms with Crippen LogP contribution in [0, 0.1) is 17.1 Å². The molecule has 2 aliphatic rings. The van der Waals surface area contributed by atoms with Gasteiger partial charge in [-0.1, -0.05) is 0 Å². The predicted octanol–water partition coefficient (Wildman–Crippen LogP) is 3.88. The van der Waals surface area contributed by atoms with Gasteiger partial charge in [0.1, 0.15) is 17.7 Å². The molecular weight excluding hydrogens is 457 g/mol. The quantitative estimate of drug-likeness (QED) is 0.474. The highest BCUT2D eigenvalue weighted by molar-refractivity contribution is 5.95. The number of hydrogen-bond acceptors (Lipinski definition) is 5. The lowest BCUT2D eigenvalue weighted by atomic mass is 10.1. The zero-order valence-electron chi connectivity index (χ0n) is 20.0. The van der Waals surface area contributed by atoms with Gasteiger partial charge in [0.05, 0.1) is 23.0 Å². The predicted molar refractivity (Wildman–Crippen MR) is 133 cm³/mol. The fourth-order valence-corrected chi connectivity index (χ4v) is 5.16. The summed E-state index contributed by atoms with van der Waals surface area (Å²) in [4.78, 5) is 20.4. The van der Waals surface area contributed by atoms with Crippen molar-refractivity contribution in [2.45, 2.75) is 37.6 Å². The number of carbonyl (C=O) groups excluding carboxylic acids is 1. The average molecular weight is 484 g/mol. The van der Waals surface area contributed by atoms with Crippen LogP contribution in [0.2, 0.25) is 0 Å². The molecule has 8 nitrogen and oxygen atoms in total. The van der Waals surface area contributed by atoms with Crippen LogP contribution < -0.4 is 5.73 Å². The maximum absolute atomic E-state index is 14.7. The summed E-state index contributed by atoms with van der Waals surface area (Å²) in [5, 5.41) is 14.5. The lowest BCUT2D eigenvalue weighted by Crippen LogP contribution is -2.46. The largest absolute Gasteiger partial charge is 0.336 e. The first kappa shape index (κ1) is 22.4. The fraction of sp³-hybridized carbons (Fsp3) is 0.333. The summed E-state index contributed by atoms with van der Waals surface area (Å²) in [6.45, 7) is 1.14. The number of rotatable bonds is 4.